The Hall–Kier alpha value is -3.15. The van der Waals surface area contributed by atoms with Crippen molar-refractivity contribution >= 4 is 17.5 Å². The third-order valence-corrected chi connectivity index (χ3v) is 4.76. The molecule has 1 saturated heterocycles. The molecule has 0 radical (unpaired) electrons. The third kappa shape index (κ3) is 2.94. The van der Waals surface area contributed by atoms with Gasteiger partial charge in [0.25, 0.3) is 5.91 Å². The minimum Gasteiger partial charge on any atom is -0.353 e. The van der Waals surface area contributed by atoms with Gasteiger partial charge in [-0.05, 0) is 24.1 Å². The number of hydrogen-bond acceptors (Lipinski definition) is 3. The van der Waals surface area contributed by atoms with E-state index in [0.717, 1.165) is 16.8 Å². The monoisotopic (exact) mass is 348 g/mol. The number of aromatic nitrogens is 2. The zero-order valence-corrected chi connectivity index (χ0v) is 14.6. The highest BCUT2D eigenvalue weighted by molar-refractivity contribution is 5.97. The number of aryl methyl sites for hydroxylation is 1. The Morgan fingerprint density at radius 2 is 2.04 bits per heavy atom. The molecule has 2 aromatic heterocycles. The molecule has 3 aromatic rings. The number of amides is 2. The van der Waals surface area contributed by atoms with E-state index in [4.69, 9.17) is 0 Å². The molecule has 1 aliphatic heterocycles. The number of nitrogens with zero attached hydrogens (tertiary/aromatic N) is 3. The zero-order valence-electron chi connectivity index (χ0n) is 14.6. The van der Waals surface area contributed by atoms with Gasteiger partial charge in [0.05, 0.1) is 0 Å². The van der Waals surface area contributed by atoms with Crippen molar-refractivity contribution in [1.82, 2.24) is 19.6 Å². The molecule has 0 aliphatic carbocycles. The van der Waals surface area contributed by atoms with Gasteiger partial charge in [0.2, 0.25) is 5.91 Å². The highest BCUT2D eigenvalue weighted by Crippen LogP contribution is 2.17. The number of hydrogen-bond donors (Lipinski definition) is 1. The Morgan fingerprint density at radius 3 is 2.81 bits per heavy atom. The van der Waals surface area contributed by atoms with E-state index in [1.807, 2.05) is 60.0 Å². The van der Waals surface area contributed by atoms with Gasteiger partial charge < -0.3 is 14.6 Å². The number of benzene rings is 1. The first-order chi connectivity index (χ1) is 12.6. The zero-order chi connectivity index (χ0) is 18.1. The second-order valence-electron chi connectivity index (χ2n) is 6.54. The summed E-state index contributed by atoms with van der Waals surface area (Å²) in [5, 5.41) is 2.87. The van der Waals surface area contributed by atoms with Crippen LogP contribution in [0, 0.1) is 6.92 Å². The molecule has 1 N–H and O–H groups in total. The fraction of sp³-hybridized carbons (Fsp3) is 0.250. The summed E-state index contributed by atoms with van der Waals surface area (Å²) in [6, 6.07) is 13.1. The third-order valence-electron chi connectivity index (χ3n) is 4.76. The van der Waals surface area contributed by atoms with Gasteiger partial charge >= 0.3 is 0 Å². The molecule has 0 unspecified atom stereocenters. The second kappa shape index (κ2) is 6.63. The Balaban J connectivity index is 1.65. The van der Waals surface area contributed by atoms with Crippen LogP contribution in [-0.4, -0.2) is 45.2 Å². The highest BCUT2D eigenvalue weighted by atomic mass is 16.2. The molecule has 6 heteroatoms. The Bertz CT molecular complexity index is 964. The standard InChI is InChI=1S/C20H20N4O2/c1-14-6-5-10-23-13-16(22-18(14)23)20(26)24-11-9-21-19(25)17(24)12-15-7-3-2-4-8-15/h2-8,10,13,17H,9,11-12H2,1H3,(H,21,25)/t17-/m1/s1. The number of carbonyl (C=O) groups is 2. The SMILES string of the molecule is Cc1cccn2cc(C(=O)N3CCNC(=O)[C@H]3Cc3ccccc3)nc12. The van der Waals surface area contributed by atoms with Crippen molar-refractivity contribution in [1.29, 1.82) is 0 Å². The van der Waals surface area contributed by atoms with Crippen molar-refractivity contribution in [3.8, 4) is 0 Å². The fourth-order valence-corrected chi connectivity index (χ4v) is 3.40. The van der Waals surface area contributed by atoms with E-state index in [1.54, 1.807) is 11.1 Å². The highest BCUT2D eigenvalue weighted by Gasteiger charge is 2.34. The second-order valence-corrected chi connectivity index (χ2v) is 6.54. The van der Waals surface area contributed by atoms with Crippen LogP contribution in [-0.2, 0) is 11.2 Å². The van der Waals surface area contributed by atoms with Crippen molar-refractivity contribution in [2.75, 3.05) is 13.1 Å². The smallest absolute Gasteiger partial charge is 0.274 e. The lowest BCUT2D eigenvalue weighted by atomic mass is 10.0. The number of fused-ring (bicyclic) bond motifs is 1. The van der Waals surface area contributed by atoms with Crippen molar-refractivity contribution in [3.63, 3.8) is 0 Å². The summed E-state index contributed by atoms with van der Waals surface area (Å²) in [4.78, 5) is 31.7. The molecule has 0 bridgehead atoms. The van der Waals surface area contributed by atoms with Gasteiger partial charge in [-0.3, -0.25) is 9.59 Å². The van der Waals surface area contributed by atoms with Crippen LogP contribution in [0.25, 0.3) is 5.65 Å². The molecule has 1 atom stereocenters. The summed E-state index contributed by atoms with van der Waals surface area (Å²) >= 11 is 0. The molecule has 1 aromatic carbocycles. The predicted octanol–water partition coefficient (Wildman–Crippen LogP) is 1.83. The van der Waals surface area contributed by atoms with Crippen molar-refractivity contribution in [3.05, 3.63) is 71.7 Å². The van der Waals surface area contributed by atoms with E-state index in [0.29, 0.717) is 25.2 Å². The summed E-state index contributed by atoms with van der Waals surface area (Å²) in [6.45, 7) is 2.90. The largest absolute Gasteiger partial charge is 0.353 e. The Morgan fingerprint density at radius 1 is 1.23 bits per heavy atom. The van der Waals surface area contributed by atoms with E-state index in [-0.39, 0.29) is 11.8 Å². The van der Waals surface area contributed by atoms with Gasteiger partial charge in [0.1, 0.15) is 17.4 Å². The van der Waals surface area contributed by atoms with Crippen LogP contribution in [0.5, 0.6) is 0 Å². The van der Waals surface area contributed by atoms with Crippen LogP contribution < -0.4 is 5.32 Å². The molecule has 0 spiro atoms. The van der Waals surface area contributed by atoms with Gasteiger partial charge in [0, 0.05) is 31.9 Å². The number of imidazole rings is 1. The molecule has 2 amide bonds. The normalized spacial score (nSPS) is 17.3. The number of nitrogens with one attached hydrogen (secondary N) is 1. The molecule has 26 heavy (non-hydrogen) atoms. The first-order valence-electron chi connectivity index (χ1n) is 8.70. The van der Waals surface area contributed by atoms with Gasteiger partial charge in [-0.15, -0.1) is 0 Å². The van der Waals surface area contributed by atoms with Crippen LogP contribution in [0.4, 0.5) is 0 Å². The lowest BCUT2D eigenvalue weighted by Gasteiger charge is -2.34. The van der Waals surface area contributed by atoms with Crippen molar-refractivity contribution in [2.45, 2.75) is 19.4 Å². The maximum Gasteiger partial charge on any atom is 0.274 e. The van der Waals surface area contributed by atoms with E-state index in [9.17, 15) is 9.59 Å². The number of pyridine rings is 1. The minimum atomic E-state index is -0.524. The van der Waals surface area contributed by atoms with E-state index >= 15 is 0 Å². The summed E-state index contributed by atoms with van der Waals surface area (Å²) in [7, 11) is 0. The lowest BCUT2D eigenvalue weighted by molar-refractivity contribution is -0.127. The average Bonchev–Trinajstić information content (AvgIpc) is 3.09. The molecule has 3 heterocycles. The molecular formula is C20H20N4O2. The predicted molar refractivity (Wildman–Crippen MR) is 97.9 cm³/mol. The number of piperazine rings is 1. The molecule has 1 fully saturated rings. The minimum absolute atomic E-state index is 0.117. The molecular weight excluding hydrogens is 328 g/mol. The molecule has 4 rings (SSSR count). The summed E-state index contributed by atoms with van der Waals surface area (Å²) < 4.78 is 1.85. The van der Waals surface area contributed by atoms with Crippen LogP contribution in [0.3, 0.4) is 0 Å². The van der Waals surface area contributed by atoms with Crippen molar-refractivity contribution in [2.24, 2.45) is 0 Å². The topological polar surface area (TPSA) is 66.7 Å². The molecule has 0 saturated carbocycles. The lowest BCUT2D eigenvalue weighted by Crippen LogP contribution is -2.58. The summed E-state index contributed by atoms with van der Waals surface area (Å²) in [6.07, 6.45) is 4.10. The van der Waals surface area contributed by atoms with E-state index < -0.39 is 6.04 Å². The number of rotatable bonds is 3. The van der Waals surface area contributed by atoms with Crippen LogP contribution >= 0.6 is 0 Å². The maximum atomic E-state index is 13.1. The summed E-state index contributed by atoms with van der Waals surface area (Å²) in [5.41, 5.74) is 3.16. The molecule has 1 aliphatic rings. The fourth-order valence-electron chi connectivity index (χ4n) is 3.40. The Labute approximate surface area is 151 Å². The number of carbonyl (C=O) groups excluding carboxylic acids is 2. The maximum absolute atomic E-state index is 13.1. The van der Waals surface area contributed by atoms with Crippen molar-refractivity contribution < 1.29 is 9.59 Å². The van der Waals surface area contributed by atoms with Crippen LogP contribution in [0.1, 0.15) is 21.6 Å². The first-order valence-corrected chi connectivity index (χ1v) is 8.70. The average molecular weight is 348 g/mol. The Kier molecular flexibility index (Phi) is 4.16. The quantitative estimate of drug-likeness (QED) is 0.785. The van der Waals surface area contributed by atoms with Gasteiger partial charge in [-0.2, -0.15) is 0 Å². The van der Waals surface area contributed by atoms with Gasteiger partial charge in [-0.25, -0.2) is 4.98 Å². The van der Waals surface area contributed by atoms with Gasteiger partial charge in [0.15, 0.2) is 0 Å². The van der Waals surface area contributed by atoms with Gasteiger partial charge in [-0.1, -0.05) is 36.4 Å². The molecule has 132 valence electrons. The summed E-state index contributed by atoms with van der Waals surface area (Å²) in [5.74, 6) is -0.322. The van der Waals surface area contributed by atoms with E-state index in [1.165, 1.54) is 0 Å². The van der Waals surface area contributed by atoms with Crippen LogP contribution in [0.2, 0.25) is 0 Å². The van der Waals surface area contributed by atoms with Crippen LogP contribution in [0.15, 0.2) is 54.9 Å². The first kappa shape index (κ1) is 16.3. The molecule has 6 nitrogen and oxygen atoms in total. The van der Waals surface area contributed by atoms with E-state index in [2.05, 4.69) is 10.3 Å².